The van der Waals surface area contributed by atoms with Crippen LogP contribution in [0.15, 0.2) is 0 Å². The molecule has 0 aromatic rings. The summed E-state index contributed by atoms with van der Waals surface area (Å²) in [5, 5.41) is 2.71. The van der Waals surface area contributed by atoms with Crippen molar-refractivity contribution in [3.05, 3.63) is 0 Å². The topological polar surface area (TPSA) is 38.0 Å². The molecule has 0 saturated carbocycles. The van der Waals surface area contributed by atoms with E-state index in [1.165, 1.54) is 0 Å². The number of halogens is 2. The molecule has 0 radical (unpaired) electrons. The van der Waals surface area contributed by atoms with Gasteiger partial charge in [0, 0.05) is 0 Å². The van der Waals surface area contributed by atoms with Crippen LogP contribution in [0, 0.1) is 11.8 Å². The highest BCUT2D eigenvalue weighted by molar-refractivity contribution is 4.65. The van der Waals surface area contributed by atoms with Crippen LogP contribution in [-0.2, 0) is 0 Å². The second-order valence-corrected chi connectivity index (χ2v) is 3.78. The van der Waals surface area contributed by atoms with Crippen molar-refractivity contribution in [1.82, 2.24) is 5.32 Å². The van der Waals surface area contributed by atoms with E-state index in [9.17, 15) is 8.78 Å². The molecule has 13 heavy (non-hydrogen) atoms. The van der Waals surface area contributed by atoms with Gasteiger partial charge in [0.2, 0.25) is 0 Å². The highest BCUT2D eigenvalue weighted by atomic mass is 19.3. The zero-order valence-electron chi connectivity index (χ0n) is 8.39. The van der Waals surface area contributed by atoms with Gasteiger partial charge in [-0.3, -0.25) is 0 Å². The zero-order chi connectivity index (χ0) is 10.3. The van der Waals surface area contributed by atoms with E-state index in [1.807, 2.05) is 0 Å². The van der Waals surface area contributed by atoms with Gasteiger partial charge in [-0.05, 0) is 31.3 Å². The second-order valence-electron chi connectivity index (χ2n) is 3.78. The van der Waals surface area contributed by atoms with Gasteiger partial charge in [0.05, 0.1) is 6.54 Å². The fourth-order valence-electron chi connectivity index (χ4n) is 1.33. The largest absolute Gasteiger partial charge is 0.330 e. The van der Waals surface area contributed by atoms with Crippen molar-refractivity contribution in [2.75, 3.05) is 19.6 Å². The molecule has 0 aliphatic rings. The van der Waals surface area contributed by atoms with Crippen LogP contribution in [0.25, 0.3) is 0 Å². The molecule has 0 aromatic carbocycles. The van der Waals surface area contributed by atoms with E-state index in [1.54, 1.807) is 0 Å². The van der Waals surface area contributed by atoms with Crippen molar-refractivity contribution in [2.24, 2.45) is 17.6 Å². The molecule has 0 saturated heterocycles. The Labute approximate surface area is 78.9 Å². The van der Waals surface area contributed by atoms with Crippen LogP contribution in [0.3, 0.4) is 0 Å². The summed E-state index contributed by atoms with van der Waals surface area (Å²) in [5.41, 5.74) is 5.51. The Hall–Kier alpha value is -0.220. The lowest BCUT2D eigenvalue weighted by atomic mass is 9.97. The molecule has 1 atom stereocenters. The molecule has 80 valence electrons. The minimum absolute atomic E-state index is 0.228. The van der Waals surface area contributed by atoms with E-state index in [2.05, 4.69) is 19.2 Å². The van der Waals surface area contributed by atoms with Gasteiger partial charge >= 0.3 is 0 Å². The molecule has 2 nitrogen and oxygen atoms in total. The number of hydrogen-bond acceptors (Lipinski definition) is 2. The van der Waals surface area contributed by atoms with Crippen molar-refractivity contribution in [1.29, 1.82) is 0 Å². The number of rotatable bonds is 7. The Kier molecular flexibility index (Phi) is 7.09. The van der Waals surface area contributed by atoms with Crippen molar-refractivity contribution in [3.63, 3.8) is 0 Å². The van der Waals surface area contributed by atoms with Crippen LogP contribution in [-0.4, -0.2) is 26.1 Å². The smallest absolute Gasteiger partial charge is 0.250 e. The molecule has 0 rings (SSSR count). The average Bonchev–Trinajstić information content (AvgIpc) is 2.01. The maximum atomic E-state index is 11.8. The highest BCUT2D eigenvalue weighted by Crippen LogP contribution is 2.09. The monoisotopic (exact) mass is 194 g/mol. The van der Waals surface area contributed by atoms with Crippen molar-refractivity contribution in [2.45, 2.75) is 26.7 Å². The quantitative estimate of drug-likeness (QED) is 0.644. The standard InChI is InChI=1S/C9H20F2N2/c1-7(2)3-8(4-12)5-13-6-9(10)11/h7-9,13H,3-6,12H2,1-2H3. The molecule has 0 fully saturated rings. The summed E-state index contributed by atoms with van der Waals surface area (Å²) in [5.74, 6) is 0.889. The summed E-state index contributed by atoms with van der Waals surface area (Å²) in [4.78, 5) is 0. The summed E-state index contributed by atoms with van der Waals surface area (Å²) in [6.45, 7) is 5.15. The molecule has 4 heteroatoms. The van der Waals surface area contributed by atoms with E-state index in [0.717, 1.165) is 6.42 Å². The maximum absolute atomic E-state index is 11.8. The van der Waals surface area contributed by atoms with Crippen LogP contribution < -0.4 is 11.1 Å². The highest BCUT2D eigenvalue weighted by Gasteiger charge is 2.09. The SMILES string of the molecule is CC(C)CC(CN)CNCC(F)F. The van der Waals surface area contributed by atoms with Crippen LogP contribution in [0.5, 0.6) is 0 Å². The van der Waals surface area contributed by atoms with Crippen molar-refractivity contribution in [3.8, 4) is 0 Å². The Balaban J connectivity index is 3.48. The first-order valence-corrected chi connectivity index (χ1v) is 4.75. The van der Waals surface area contributed by atoms with E-state index < -0.39 is 6.43 Å². The lowest BCUT2D eigenvalue weighted by Gasteiger charge is -2.17. The molecule has 1 unspecified atom stereocenters. The lowest BCUT2D eigenvalue weighted by molar-refractivity contribution is 0.143. The number of nitrogens with one attached hydrogen (secondary N) is 1. The molecular weight excluding hydrogens is 174 g/mol. The molecule has 3 N–H and O–H groups in total. The van der Waals surface area contributed by atoms with Gasteiger partial charge < -0.3 is 11.1 Å². The molecule has 0 spiro atoms. The first-order valence-electron chi connectivity index (χ1n) is 4.75. The fraction of sp³-hybridized carbons (Fsp3) is 1.00. The van der Waals surface area contributed by atoms with Crippen molar-refractivity contribution < 1.29 is 8.78 Å². The third kappa shape index (κ3) is 8.12. The fourth-order valence-corrected chi connectivity index (χ4v) is 1.33. The van der Waals surface area contributed by atoms with E-state index in [-0.39, 0.29) is 6.54 Å². The number of alkyl halides is 2. The number of nitrogens with two attached hydrogens (primary N) is 1. The van der Waals surface area contributed by atoms with Crippen LogP contribution in [0.1, 0.15) is 20.3 Å². The van der Waals surface area contributed by atoms with Crippen LogP contribution >= 0.6 is 0 Å². The molecule has 0 aliphatic carbocycles. The van der Waals surface area contributed by atoms with Gasteiger partial charge in [-0.2, -0.15) is 0 Å². The first-order chi connectivity index (χ1) is 6.06. The molecule has 0 aromatic heterocycles. The Morgan fingerprint density at radius 3 is 2.23 bits per heavy atom. The van der Waals surface area contributed by atoms with E-state index in [4.69, 9.17) is 5.73 Å². The van der Waals surface area contributed by atoms with Crippen LogP contribution in [0.2, 0.25) is 0 Å². The third-order valence-corrected chi connectivity index (χ3v) is 1.87. The molecule has 0 amide bonds. The van der Waals surface area contributed by atoms with Gasteiger partial charge in [-0.1, -0.05) is 13.8 Å². The minimum Gasteiger partial charge on any atom is -0.330 e. The minimum atomic E-state index is -2.27. The average molecular weight is 194 g/mol. The normalized spacial score (nSPS) is 14.1. The Morgan fingerprint density at radius 1 is 1.23 bits per heavy atom. The molecule has 0 bridgehead atoms. The predicted molar refractivity (Wildman–Crippen MR) is 50.9 cm³/mol. The maximum Gasteiger partial charge on any atom is 0.250 e. The van der Waals surface area contributed by atoms with Crippen LogP contribution in [0.4, 0.5) is 8.78 Å². The second kappa shape index (κ2) is 7.21. The summed E-state index contributed by atoms with van der Waals surface area (Å²) in [6.07, 6.45) is -1.27. The van der Waals surface area contributed by atoms with Gasteiger partial charge in [-0.15, -0.1) is 0 Å². The van der Waals surface area contributed by atoms with Crippen molar-refractivity contribution >= 4 is 0 Å². The predicted octanol–water partition coefficient (Wildman–Crippen LogP) is 1.46. The summed E-state index contributed by atoms with van der Waals surface area (Å²) in [6, 6.07) is 0. The van der Waals surface area contributed by atoms with E-state index in [0.29, 0.717) is 24.9 Å². The summed E-state index contributed by atoms with van der Waals surface area (Å²) in [7, 11) is 0. The lowest BCUT2D eigenvalue weighted by Crippen LogP contribution is -2.32. The van der Waals surface area contributed by atoms with E-state index >= 15 is 0 Å². The van der Waals surface area contributed by atoms with Gasteiger partial charge in [-0.25, -0.2) is 8.78 Å². The third-order valence-electron chi connectivity index (χ3n) is 1.87. The number of hydrogen-bond donors (Lipinski definition) is 2. The Bertz CT molecular complexity index is 118. The Morgan fingerprint density at radius 2 is 1.85 bits per heavy atom. The van der Waals surface area contributed by atoms with Gasteiger partial charge in [0.25, 0.3) is 6.43 Å². The molecule has 0 heterocycles. The zero-order valence-corrected chi connectivity index (χ0v) is 8.39. The summed E-state index contributed by atoms with van der Waals surface area (Å²) >= 11 is 0. The van der Waals surface area contributed by atoms with Gasteiger partial charge in [0.1, 0.15) is 0 Å². The van der Waals surface area contributed by atoms with Gasteiger partial charge in [0.15, 0.2) is 0 Å². The summed E-state index contributed by atoms with van der Waals surface area (Å²) < 4.78 is 23.5. The first kappa shape index (κ1) is 12.8. The molecule has 0 aliphatic heterocycles. The molecular formula is C9H20F2N2.